The fourth-order valence-electron chi connectivity index (χ4n) is 3.44. The van der Waals surface area contributed by atoms with E-state index in [2.05, 4.69) is 0 Å². The largest absolute Gasteiger partial charge is 0.497 e. The molecule has 1 heterocycles. The van der Waals surface area contributed by atoms with E-state index in [-0.39, 0.29) is 5.91 Å². The van der Waals surface area contributed by atoms with Crippen LogP contribution in [0.15, 0.2) is 59.5 Å². The topological polar surface area (TPSA) is 48.0 Å². The Hall–Kier alpha value is -3.03. The lowest BCUT2D eigenvalue weighted by Gasteiger charge is -2.15. The number of methoxy groups -OCH3 is 3. The quantitative estimate of drug-likeness (QED) is 0.376. The Morgan fingerprint density at radius 2 is 1.61 bits per heavy atom. The van der Waals surface area contributed by atoms with Crippen LogP contribution < -0.4 is 14.2 Å². The van der Waals surface area contributed by atoms with Crippen LogP contribution in [-0.4, -0.2) is 36.5 Å². The molecule has 0 saturated carbocycles. The van der Waals surface area contributed by atoms with Crippen molar-refractivity contribution >= 4 is 51.1 Å². The van der Waals surface area contributed by atoms with E-state index >= 15 is 0 Å². The van der Waals surface area contributed by atoms with Gasteiger partial charge in [-0.3, -0.25) is 9.69 Å². The van der Waals surface area contributed by atoms with Gasteiger partial charge < -0.3 is 14.2 Å². The highest BCUT2D eigenvalue weighted by Gasteiger charge is 2.32. The number of carbonyl (C=O) groups is 1. The van der Waals surface area contributed by atoms with E-state index < -0.39 is 0 Å². The van der Waals surface area contributed by atoms with Crippen molar-refractivity contribution in [1.82, 2.24) is 4.90 Å². The highest BCUT2D eigenvalue weighted by atomic mass is 32.2. The van der Waals surface area contributed by atoms with Gasteiger partial charge in [-0.25, -0.2) is 0 Å². The van der Waals surface area contributed by atoms with Gasteiger partial charge in [0, 0.05) is 5.56 Å². The number of thioether (sulfide) groups is 1. The molecule has 158 valence electrons. The number of ether oxygens (including phenoxy) is 3. The van der Waals surface area contributed by atoms with Crippen molar-refractivity contribution < 1.29 is 19.0 Å². The number of thiocarbonyl (C=S) groups is 1. The smallest absolute Gasteiger partial charge is 0.266 e. The van der Waals surface area contributed by atoms with Gasteiger partial charge in [0.15, 0.2) is 0 Å². The summed E-state index contributed by atoms with van der Waals surface area (Å²) in [6.07, 6.45) is 1.86. The maximum Gasteiger partial charge on any atom is 0.266 e. The summed E-state index contributed by atoms with van der Waals surface area (Å²) in [5.41, 5.74) is 1.80. The molecule has 5 nitrogen and oxygen atoms in total. The van der Waals surface area contributed by atoms with Gasteiger partial charge in [0.2, 0.25) is 0 Å². The van der Waals surface area contributed by atoms with E-state index in [0.717, 1.165) is 33.4 Å². The molecule has 0 aromatic heterocycles. The second kappa shape index (κ2) is 8.99. The number of nitrogens with zero attached hydrogens (tertiary/aromatic N) is 1. The number of benzene rings is 3. The average molecular weight is 452 g/mol. The zero-order chi connectivity index (χ0) is 22.0. The molecule has 7 heteroatoms. The predicted octanol–water partition coefficient (Wildman–Crippen LogP) is 5.27. The molecule has 1 fully saturated rings. The van der Waals surface area contributed by atoms with Gasteiger partial charge >= 0.3 is 0 Å². The molecular formula is C24H21NO4S2. The summed E-state index contributed by atoms with van der Waals surface area (Å²) in [4.78, 5) is 15.3. The molecule has 1 aliphatic heterocycles. The highest BCUT2D eigenvalue weighted by Crippen LogP contribution is 2.38. The van der Waals surface area contributed by atoms with Gasteiger partial charge in [-0.1, -0.05) is 48.2 Å². The molecule has 0 bridgehead atoms. The molecule has 0 unspecified atom stereocenters. The summed E-state index contributed by atoms with van der Waals surface area (Å²) in [6, 6.07) is 17.3. The minimum atomic E-state index is -0.118. The summed E-state index contributed by atoms with van der Waals surface area (Å²) in [5.74, 6) is 2.07. The van der Waals surface area contributed by atoms with Crippen LogP contribution in [0, 0.1) is 0 Å². The van der Waals surface area contributed by atoms with Crippen molar-refractivity contribution in [2.24, 2.45) is 0 Å². The van der Waals surface area contributed by atoms with Gasteiger partial charge in [-0.2, -0.15) is 0 Å². The summed E-state index contributed by atoms with van der Waals surface area (Å²) in [6.45, 7) is 0.409. The van der Waals surface area contributed by atoms with Gasteiger partial charge in [-0.15, -0.1) is 0 Å². The summed E-state index contributed by atoms with van der Waals surface area (Å²) in [5, 5.41) is 1.97. The van der Waals surface area contributed by atoms with E-state index in [1.807, 2.05) is 60.7 Å². The number of hydrogen-bond acceptors (Lipinski definition) is 6. The Morgan fingerprint density at radius 3 is 2.29 bits per heavy atom. The first-order valence-corrected chi connectivity index (χ1v) is 10.8. The molecule has 0 atom stereocenters. The van der Waals surface area contributed by atoms with E-state index in [0.29, 0.717) is 21.5 Å². The van der Waals surface area contributed by atoms with E-state index in [1.54, 1.807) is 26.2 Å². The van der Waals surface area contributed by atoms with Crippen LogP contribution in [0.3, 0.4) is 0 Å². The van der Waals surface area contributed by atoms with Gasteiger partial charge in [0.05, 0.1) is 32.8 Å². The van der Waals surface area contributed by atoms with Gasteiger partial charge in [0.25, 0.3) is 5.91 Å². The second-order valence-electron chi connectivity index (χ2n) is 6.88. The van der Waals surface area contributed by atoms with E-state index in [1.165, 1.54) is 11.8 Å². The number of amides is 1. The van der Waals surface area contributed by atoms with Crippen LogP contribution in [0.2, 0.25) is 0 Å². The normalized spacial score (nSPS) is 15.1. The Bertz CT molecular complexity index is 1180. The summed E-state index contributed by atoms with van der Waals surface area (Å²) >= 11 is 6.81. The standard InChI is InChI=1S/C24H21NO4S2/c1-27-17-8-4-15(5-9-17)14-25-23(26)22(31-24(25)30)13-20-19-12-18(28-2)10-6-16(19)7-11-21(20)29-3/h4-13H,14H2,1-3H3. The lowest BCUT2D eigenvalue weighted by molar-refractivity contribution is -0.122. The molecule has 31 heavy (non-hydrogen) atoms. The Kier molecular flexibility index (Phi) is 6.15. The van der Waals surface area contributed by atoms with Crippen molar-refractivity contribution in [1.29, 1.82) is 0 Å². The van der Waals surface area contributed by atoms with Crippen LogP contribution in [-0.2, 0) is 11.3 Å². The molecule has 3 aromatic rings. The molecule has 1 aliphatic rings. The van der Waals surface area contributed by atoms with Crippen molar-refractivity contribution in [2.75, 3.05) is 21.3 Å². The van der Waals surface area contributed by atoms with Crippen LogP contribution in [0.4, 0.5) is 0 Å². The molecular weight excluding hydrogens is 430 g/mol. The highest BCUT2D eigenvalue weighted by molar-refractivity contribution is 8.26. The first-order valence-electron chi connectivity index (χ1n) is 9.57. The lowest BCUT2D eigenvalue weighted by atomic mass is 10.0. The predicted molar refractivity (Wildman–Crippen MR) is 129 cm³/mol. The molecule has 3 aromatic carbocycles. The monoisotopic (exact) mass is 451 g/mol. The van der Waals surface area contributed by atoms with Crippen molar-refractivity contribution in [2.45, 2.75) is 6.54 Å². The van der Waals surface area contributed by atoms with E-state index in [4.69, 9.17) is 26.4 Å². The average Bonchev–Trinajstić information content (AvgIpc) is 3.06. The molecule has 0 spiro atoms. The zero-order valence-electron chi connectivity index (χ0n) is 17.4. The molecule has 4 rings (SSSR count). The Balaban J connectivity index is 1.69. The molecule has 0 radical (unpaired) electrons. The van der Waals surface area contributed by atoms with Crippen LogP contribution in [0.5, 0.6) is 17.2 Å². The summed E-state index contributed by atoms with van der Waals surface area (Å²) in [7, 11) is 4.87. The van der Waals surface area contributed by atoms with Crippen molar-refractivity contribution in [3.8, 4) is 17.2 Å². The fourth-order valence-corrected chi connectivity index (χ4v) is 4.67. The third kappa shape index (κ3) is 4.24. The van der Waals surface area contributed by atoms with E-state index in [9.17, 15) is 4.79 Å². The summed E-state index contributed by atoms with van der Waals surface area (Å²) < 4.78 is 16.7. The zero-order valence-corrected chi connectivity index (χ0v) is 19.0. The Labute approximate surface area is 190 Å². The third-order valence-electron chi connectivity index (χ3n) is 5.10. The number of rotatable bonds is 6. The second-order valence-corrected chi connectivity index (χ2v) is 8.56. The first-order chi connectivity index (χ1) is 15.0. The van der Waals surface area contributed by atoms with Gasteiger partial charge in [0.1, 0.15) is 21.6 Å². The van der Waals surface area contributed by atoms with Crippen molar-refractivity contribution in [3.63, 3.8) is 0 Å². The molecule has 0 aliphatic carbocycles. The van der Waals surface area contributed by atoms with Crippen LogP contribution in [0.25, 0.3) is 16.8 Å². The van der Waals surface area contributed by atoms with Crippen LogP contribution >= 0.6 is 24.0 Å². The fraction of sp³-hybridized carbons (Fsp3) is 0.167. The minimum Gasteiger partial charge on any atom is -0.497 e. The number of hydrogen-bond donors (Lipinski definition) is 0. The third-order valence-corrected chi connectivity index (χ3v) is 6.48. The SMILES string of the molecule is COc1ccc(CN2C(=O)C(=Cc3c(OC)ccc4ccc(OC)cc34)SC2=S)cc1. The molecule has 1 saturated heterocycles. The van der Waals surface area contributed by atoms with Gasteiger partial charge in [-0.05, 0) is 52.7 Å². The minimum absolute atomic E-state index is 0.118. The maximum atomic E-state index is 13.2. The lowest BCUT2D eigenvalue weighted by Crippen LogP contribution is -2.27. The number of fused-ring (bicyclic) bond motifs is 1. The molecule has 0 N–H and O–H groups in total. The van der Waals surface area contributed by atoms with Crippen LogP contribution in [0.1, 0.15) is 11.1 Å². The Morgan fingerprint density at radius 1 is 0.935 bits per heavy atom. The molecule has 1 amide bonds. The first kappa shape index (κ1) is 21.2. The maximum absolute atomic E-state index is 13.2. The van der Waals surface area contributed by atoms with Crippen molar-refractivity contribution in [3.05, 3.63) is 70.6 Å². The number of carbonyl (C=O) groups excluding carboxylic acids is 1.